The van der Waals surface area contributed by atoms with Gasteiger partial charge in [0, 0.05) is 30.4 Å². The summed E-state index contributed by atoms with van der Waals surface area (Å²) in [4.78, 5) is 12.5. The summed E-state index contributed by atoms with van der Waals surface area (Å²) < 4.78 is 0. The molecule has 4 rings (SSSR count). The Morgan fingerprint density at radius 3 is 2.52 bits per heavy atom. The van der Waals surface area contributed by atoms with Crippen LogP contribution in [0, 0.1) is 23.7 Å². The van der Waals surface area contributed by atoms with Crippen LogP contribution in [0.2, 0.25) is 0 Å². The Morgan fingerprint density at radius 1 is 0.880 bits per heavy atom. The zero-order chi connectivity index (χ0) is 17.2. The Hall–Kier alpha value is -0.940. The third-order valence-electron chi connectivity index (χ3n) is 7.42. The molecule has 5 heteroatoms. The van der Waals surface area contributed by atoms with Crippen LogP contribution in [-0.4, -0.2) is 30.4 Å². The molecule has 0 radical (unpaired) electrons. The highest BCUT2D eigenvalue weighted by molar-refractivity contribution is 5.87. The molecule has 5 nitrogen and oxygen atoms in total. The van der Waals surface area contributed by atoms with Crippen molar-refractivity contribution >= 4 is 11.6 Å². The minimum atomic E-state index is 0.110. The van der Waals surface area contributed by atoms with Gasteiger partial charge < -0.3 is 10.6 Å². The summed E-state index contributed by atoms with van der Waals surface area (Å²) in [5, 5.41) is 11.5. The molecule has 140 valence electrons. The van der Waals surface area contributed by atoms with Gasteiger partial charge in [0.1, 0.15) is 0 Å². The third-order valence-corrected chi connectivity index (χ3v) is 7.42. The summed E-state index contributed by atoms with van der Waals surface area (Å²) in [5.41, 5.74) is 4.05. The molecule has 3 saturated carbocycles. The highest BCUT2D eigenvalue weighted by atomic mass is 16.2. The minimum absolute atomic E-state index is 0.110. The number of nitrogens with one attached hydrogen (secondary N) is 3. The van der Waals surface area contributed by atoms with Gasteiger partial charge >= 0.3 is 0 Å². The predicted molar refractivity (Wildman–Crippen MR) is 100 cm³/mol. The summed E-state index contributed by atoms with van der Waals surface area (Å²) in [5.74, 6) is 2.69. The number of nitrogens with zero attached hydrogens (tertiary/aromatic N) is 1. The Labute approximate surface area is 151 Å². The monoisotopic (exact) mass is 346 g/mol. The molecular formula is C20H34N4O. The number of rotatable bonds is 3. The number of carbonyl (C=O) groups is 1. The summed E-state index contributed by atoms with van der Waals surface area (Å²) in [6.07, 6.45) is 12.6. The maximum atomic E-state index is 12.5. The average molecular weight is 347 g/mol. The van der Waals surface area contributed by atoms with E-state index in [1.807, 2.05) is 0 Å². The SMILES string of the molecule is C/C(=N/NC(=O)C1CCC2NCNC2C1)C1CCC2CCCCC2C1. The quantitative estimate of drug-likeness (QED) is 0.544. The van der Waals surface area contributed by atoms with Crippen LogP contribution >= 0.6 is 0 Å². The number of hydrogen-bond donors (Lipinski definition) is 3. The van der Waals surface area contributed by atoms with Crippen molar-refractivity contribution in [2.75, 3.05) is 6.67 Å². The van der Waals surface area contributed by atoms with Crippen molar-refractivity contribution in [2.45, 2.75) is 83.2 Å². The highest BCUT2D eigenvalue weighted by Gasteiger charge is 2.36. The van der Waals surface area contributed by atoms with Crippen LogP contribution in [0.5, 0.6) is 0 Å². The summed E-state index contributed by atoms with van der Waals surface area (Å²) in [6.45, 7) is 3.00. The van der Waals surface area contributed by atoms with Crippen molar-refractivity contribution in [1.82, 2.24) is 16.1 Å². The van der Waals surface area contributed by atoms with Gasteiger partial charge in [-0.25, -0.2) is 5.43 Å². The first-order valence-corrected chi connectivity index (χ1v) is 10.5. The van der Waals surface area contributed by atoms with Gasteiger partial charge in [-0.15, -0.1) is 0 Å². The van der Waals surface area contributed by atoms with E-state index in [1.54, 1.807) is 0 Å². The molecule has 1 amide bonds. The van der Waals surface area contributed by atoms with E-state index in [1.165, 1.54) is 44.9 Å². The number of fused-ring (bicyclic) bond motifs is 2. The molecular weight excluding hydrogens is 312 g/mol. The normalized spacial score (nSPS) is 41.7. The second-order valence-corrected chi connectivity index (χ2v) is 8.85. The van der Waals surface area contributed by atoms with Crippen molar-refractivity contribution in [2.24, 2.45) is 28.8 Å². The molecule has 6 unspecified atom stereocenters. The molecule has 1 heterocycles. The molecule has 4 fully saturated rings. The van der Waals surface area contributed by atoms with E-state index >= 15 is 0 Å². The molecule has 0 aromatic heterocycles. The van der Waals surface area contributed by atoms with Crippen LogP contribution in [-0.2, 0) is 4.79 Å². The second-order valence-electron chi connectivity index (χ2n) is 8.85. The Morgan fingerprint density at radius 2 is 1.64 bits per heavy atom. The van der Waals surface area contributed by atoms with Gasteiger partial charge in [0.2, 0.25) is 5.91 Å². The number of hydrazone groups is 1. The summed E-state index contributed by atoms with van der Waals surface area (Å²) in [6, 6.07) is 1.01. The van der Waals surface area contributed by atoms with E-state index in [2.05, 4.69) is 28.1 Å². The van der Waals surface area contributed by atoms with E-state index < -0.39 is 0 Å². The van der Waals surface area contributed by atoms with E-state index in [0.717, 1.165) is 43.5 Å². The molecule has 3 aliphatic carbocycles. The number of hydrogen-bond acceptors (Lipinski definition) is 4. The molecule has 1 saturated heterocycles. The summed E-state index contributed by atoms with van der Waals surface area (Å²) >= 11 is 0. The first-order valence-electron chi connectivity index (χ1n) is 10.5. The molecule has 6 atom stereocenters. The Bertz CT molecular complexity index is 520. The highest BCUT2D eigenvalue weighted by Crippen LogP contribution is 2.43. The van der Waals surface area contributed by atoms with Gasteiger partial charge in [0.25, 0.3) is 0 Å². The van der Waals surface area contributed by atoms with Crippen molar-refractivity contribution in [1.29, 1.82) is 0 Å². The predicted octanol–water partition coefficient (Wildman–Crippen LogP) is 2.77. The van der Waals surface area contributed by atoms with Crippen molar-refractivity contribution in [3.05, 3.63) is 0 Å². The molecule has 1 aliphatic heterocycles. The van der Waals surface area contributed by atoms with Gasteiger partial charge in [0.05, 0.1) is 0 Å². The lowest BCUT2D eigenvalue weighted by Gasteiger charge is -2.39. The van der Waals surface area contributed by atoms with Crippen molar-refractivity contribution in [3.63, 3.8) is 0 Å². The Balaban J connectivity index is 1.28. The van der Waals surface area contributed by atoms with Crippen LogP contribution in [0.15, 0.2) is 5.10 Å². The smallest absolute Gasteiger partial charge is 0.243 e. The Kier molecular flexibility index (Phi) is 5.41. The average Bonchev–Trinajstić information content (AvgIpc) is 3.13. The second kappa shape index (κ2) is 7.75. The minimum Gasteiger partial charge on any atom is -0.300 e. The molecule has 0 bridgehead atoms. The zero-order valence-corrected chi connectivity index (χ0v) is 15.6. The number of carbonyl (C=O) groups excluding carboxylic acids is 1. The molecule has 0 aromatic carbocycles. The lowest BCUT2D eigenvalue weighted by molar-refractivity contribution is -0.126. The van der Waals surface area contributed by atoms with Crippen LogP contribution in [0.4, 0.5) is 0 Å². The van der Waals surface area contributed by atoms with E-state index in [-0.39, 0.29) is 11.8 Å². The number of amides is 1. The first kappa shape index (κ1) is 17.5. The standard InChI is InChI=1S/C20H34N4O/c1-13(15-7-6-14-4-2-3-5-16(14)10-15)23-24-20(25)17-8-9-18-19(11-17)22-12-21-18/h14-19,21-22H,2-12H2,1H3,(H,24,25)/b23-13-. The maximum absolute atomic E-state index is 12.5. The van der Waals surface area contributed by atoms with Gasteiger partial charge in [-0.3, -0.25) is 4.79 Å². The van der Waals surface area contributed by atoms with Gasteiger partial charge in [-0.05, 0) is 63.2 Å². The van der Waals surface area contributed by atoms with Crippen LogP contribution < -0.4 is 16.1 Å². The van der Waals surface area contributed by atoms with E-state index in [9.17, 15) is 4.79 Å². The van der Waals surface area contributed by atoms with Crippen LogP contribution in [0.25, 0.3) is 0 Å². The van der Waals surface area contributed by atoms with Gasteiger partial charge in [-0.2, -0.15) is 5.10 Å². The maximum Gasteiger partial charge on any atom is 0.243 e. The van der Waals surface area contributed by atoms with Crippen molar-refractivity contribution < 1.29 is 4.79 Å². The molecule has 25 heavy (non-hydrogen) atoms. The zero-order valence-electron chi connectivity index (χ0n) is 15.6. The third kappa shape index (κ3) is 3.92. The summed E-state index contributed by atoms with van der Waals surface area (Å²) in [7, 11) is 0. The van der Waals surface area contributed by atoms with Crippen LogP contribution in [0.1, 0.15) is 71.1 Å². The van der Waals surface area contributed by atoms with E-state index in [4.69, 9.17) is 0 Å². The van der Waals surface area contributed by atoms with Gasteiger partial charge in [-0.1, -0.05) is 25.7 Å². The van der Waals surface area contributed by atoms with Gasteiger partial charge in [0.15, 0.2) is 0 Å². The molecule has 0 spiro atoms. The molecule has 4 aliphatic rings. The fraction of sp³-hybridized carbons (Fsp3) is 0.900. The van der Waals surface area contributed by atoms with Crippen molar-refractivity contribution in [3.8, 4) is 0 Å². The fourth-order valence-electron chi connectivity index (χ4n) is 5.78. The fourth-order valence-corrected chi connectivity index (χ4v) is 5.78. The molecule has 3 N–H and O–H groups in total. The largest absolute Gasteiger partial charge is 0.300 e. The first-order chi connectivity index (χ1) is 12.2. The van der Waals surface area contributed by atoms with Crippen LogP contribution in [0.3, 0.4) is 0 Å². The lowest BCUT2D eigenvalue weighted by atomic mass is 9.67. The topological polar surface area (TPSA) is 65.5 Å². The van der Waals surface area contributed by atoms with E-state index in [0.29, 0.717) is 18.0 Å². The molecule has 0 aromatic rings. The lowest BCUT2D eigenvalue weighted by Crippen LogP contribution is -2.43.